The van der Waals surface area contributed by atoms with Crippen molar-refractivity contribution in [2.45, 2.75) is 25.9 Å². The van der Waals surface area contributed by atoms with Crippen molar-refractivity contribution < 1.29 is 4.79 Å². The molecule has 6 heteroatoms. The van der Waals surface area contributed by atoms with Crippen molar-refractivity contribution in [2.75, 3.05) is 19.6 Å². The van der Waals surface area contributed by atoms with Gasteiger partial charge in [-0.3, -0.25) is 9.69 Å². The zero-order valence-electron chi connectivity index (χ0n) is 13.3. The third-order valence-electron chi connectivity index (χ3n) is 4.22. The van der Waals surface area contributed by atoms with E-state index in [1.165, 1.54) is 23.1 Å². The van der Waals surface area contributed by atoms with E-state index in [4.69, 9.17) is 0 Å². The summed E-state index contributed by atoms with van der Waals surface area (Å²) >= 11 is 0. The lowest BCUT2D eigenvalue weighted by Crippen LogP contribution is -2.41. The van der Waals surface area contributed by atoms with Crippen molar-refractivity contribution in [3.63, 3.8) is 0 Å². The van der Waals surface area contributed by atoms with E-state index in [0.29, 0.717) is 5.92 Å². The highest BCUT2D eigenvalue weighted by atomic mass is 16.2. The minimum Gasteiger partial charge on any atom is -0.354 e. The molecule has 0 aliphatic carbocycles. The van der Waals surface area contributed by atoms with E-state index in [2.05, 4.69) is 44.8 Å². The Kier molecular flexibility index (Phi) is 5.37. The summed E-state index contributed by atoms with van der Waals surface area (Å²) in [7, 11) is 0. The second kappa shape index (κ2) is 7.87. The fourth-order valence-electron chi connectivity index (χ4n) is 3.08. The standard InChI is InChI=1S/C17H23N5O/c23-17(14-22-10-8-19-20-22)18-11-16-7-4-9-21(13-16)12-15-5-2-1-3-6-15/h1-3,5-6,8,10,16H,4,7,9,11-14H2,(H,18,23)/t16-/m1/s1. The molecule has 2 aromatic rings. The van der Waals surface area contributed by atoms with Crippen molar-refractivity contribution >= 4 is 5.91 Å². The van der Waals surface area contributed by atoms with Crippen molar-refractivity contribution in [2.24, 2.45) is 5.92 Å². The van der Waals surface area contributed by atoms with Crippen LogP contribution in [0.5, 0.6) is 0 Å². The maximum Gasteiger partial charge on any atom is 0.241 e. The number of carbonyl (C=O) groups excluding carboxylic acids is 1. The normalized spacial score (nSPS) is 18.7. The number of piperidine rings is 1. The zero-order chi connectivity index (χ0) is 15.9. The van der Waals surface area contributed by atoms with E-state index in [-0.39, 0.29) is 12.5 Å². The minimum atomic E-state index is -0.00400. The number of rotatable bonds is 6. The lowest BCUT2D eigenvalue weighted by molar-refractivity contribution is -0.122. The second-order valence-electron chi connectivity index (χ2n) is 6.13. The first-order valence-electron chi connectivity index (χ1n) is 8.16. The quantitative estimate of drug-likeness (QED) is 0.873. The first-order chi connectivity index (χ1) is 11.3. The third kappa shape index (κ3) is 4.89. The summed E-state index contributed by atoms with van der Waals surface area (Å²) in [6.45, 7) is 4.14. The lowest BCUT2D eigenvalue weighted by atomic mass is 9.97. The molecule has 0 unspecified atom stereocenters. The van der Waals surface area contributed by atoms with Gasteiger partial charge in [-0.2, -0.15) is 0 Å². The molecular formula is C17H23N5O. The van der Waals surface area contributed by atoms with E-state index in [1.54, 1.807) is 12.4 Å². The highest BCUT2D eigenvalue weighted by molar-refractivity contribution is 5.75. The van der Waals surface area contributed by atoms with Crippen molar-refractivity contribution in [1.82, 2.24) is 25.2 Å². The Morgan fingerprint density at radius 3 is 2.96 bits per heavy atom. The smallest absolute Gasteiger partial charge is 0.241 e. The number of amides is 1. The van der Waals surface area contributed by atoms with Crippen molar-refractivity contribution in [3.8, 4) is 0 Å². The van der Waals surface area contributed by atoms with Gasteiger partial charge in [0.2, 0.25) is 5.91 Å². The highest BCUT2D eigenvalue weighted by Crippen LogP contribution is 2.18. The molecule has 1 atom stereocenters. The number of benzene rings is 1. The zero-order valence-corrected chi connectivity index (χ0v) is 13.3. The van der Waals surface area contributed by atoms with Crippen LogP contribution in [0.15, 0.2) is 42.7 Å². The van der Waals surface area contributed by atoms with Gasteiger partial charge in [0.15, 0.2) is 0 Å². The van der Waals surface area contributed by atoms with Crippen molar-refractivity contribution in [1.29, 1.82) is 0 Å². The topological polar surface area (TPSA) is 63.1 Å². The molecule has 6 nitrogen and oxygen atoms in total. The third-order valence-corrected chi connectivity index (χ3v) is 4.22. The maximum atomic E-state index is 11.9. The van der Waals surface area contributed by atoms with E-state index in [0.717, 1.165) is 26.2 Å². The maximum absolute atomic E-state index is 11.9. The van der Waals surface area contributed by atoms with Crippen LogP contribution in [-0.2, 0) is 17.9 Å². The molecule has 1 aliphatic rings. The summed E-state index contributed by atoms with van der Waals surface area (Å²) in [6.07, 6.45) is 5.64. The van der Waals surface area contributed by atoms with E-state index >= 15 is 0 Å². The molecule has 1 saturated heterocycles. The van der Waals surface area contributed by atoms with Crippen LogP contribution in [0.25, 0.3) is 0 Å². The number of nitrogens with zero attached hydrogens (tertiary/aromatic N) is 4. The van der Waals surface area contributed by atoms with Gasteiger partial charge in [0.05, 0.1) is 6.20 Å². The molecule has 3 rings (SSSR count). The molecule has 1 N–H and O–H groups in total. The predicted molar refractivity (Wildman–Crippen MR) is 87.5 cm³/mol. The minimum absolute atomic E-state index is 0.00400. The fraction of sp³-hybridized carbons (Fsp3) is 0.471. The Morgan fingerprint density at radius 2 is 2.17 bits per heavy atom. The molecule has 122 valence electrons. The van der Waals surface area contributed by atoms with Gasteiger partial charge < -0.3 is 5.32 Å². The van der Waals surface area contributed by atoms with Crippen molar-refractivity contribution in [3.05, 3.63) is 48.3 Å². The van der Waals surface area contributed by atoms with Gasteiger partial charge in [-0.15, -0.1) is 5.10 Å². The summed E-state index contributed by atoms with van der Waals surface area (Å²) in [5.41, 5.74) is 1.35. The number of carbonyl (C=O) groups is 1. The summed E-state index contributed by atoms with van der Waals surface area (Å²) < 4.78 is 1.54. The van der Waals surface area contributed by atoms with Gasteiger partial charge in [-0.25, -0.2) is 4.68 Å². The van der Waals surface area contributed by atoms with Gasteiger partial charge >= 0.3 is 0 Å². The Morgan fingerprint density at radius 1 is 1.30 bits per heavy atom. The summed E-state index contributed by atoms with van der Waals surface area (Å²) in [6, 6.07) is 10.6. The van der Waals surface area contributed by atoms with Gasteiger partial charge in [-0.05, 0) is 30.9 Å². The Labute approximate surface area is 136 Å². The largest absolute Gasteiger partial charge is 0.354 e. The molecule has 23 heavy (non-hydrogen) atoms. The molecular weight excluding hydrogens is 290 g/mol. The monoisotopic (exact) mass is 313 g/mol. The summed E-state index contributed by atoms with van der Waals surface area (Å²) in [4.78, 5) is 14.4. The molecule has 0 radical (unpaired) electrons. The van der Waals surface area contributed by atoms with Crippen LogP contribution in [-0.4, -0.2) is 45.4 Å². The van der Waals surface area contributed by atoms with Gasteiger partial charge in [-0.1, -0.05) is 35.5 Å². The molecule has 0 spiro atoms. The van der Waals surface area contributed by atoms with Gasteiger partial charge in [0, 0.05) is 25.8 Å². The number of hydrogen-bond donors (Lipinski definition) is 1. The predicted octanol–water partition coefficient (Wildman–Crippen LogP) is 1.31. The number of nitrogens with one attached hydrogen (secondary N) is 1. The second-order valence-corrected chi connectivity index (χ2v) is 6.13. The number of likely N-dealkylation sites (tertiary alicyclic amines) is 1. The van der Waals surface area contributed by atoms with E-state index in [1.807, 2.05) is 6.07 Å². The summed E-state index contributed by atoms with van der Waals surface area (Å²) in [5, 5.41) is 10.5. The van der Waals surface area contributed by atoms with Crippen LogP contribution < -0.4 is 5.32 Å². The molecule has 1 aliphatic heterocycles. The van der Waals surface area contributed by atoms with Crippen LogP contribution in [0.4, 0.5) is 0 Å². The summed E-state index contributed by atoms with van der Waals surface area (Å²) in [5.74, 6) is 0.517. The lowest BCUT2D eigenvalue weighted by Gasteiger charge is -2.32. The van der Waals surface area contributed by atoms with Gasteiger partial charge in [0.25, 0.3) is 0 Å². The van der Waals surface area contributed by atoms with Crippen LogP contribution >= 0.6 is 0 Å². The molecule has 1 fully saturated rings. The van der Waals surface area contributed by atoms with E-state index in [9.17, 15) is 4.79 Å². The average Bonchev–Trinajstić information content (AvgIpc) is 3.07. The fourth-order valence-corrected chi connectivity index (χ4v) is 3.08. The van der Waals surface area contributed by atoms with Crippen LogP contribution in [0.3, 0.4) is 0 Å². The highest BCUT2D eigenvalue weighted by Gasteiger charge is 2.20. The Bertz CT molecular complexity index is 599. The molecule has 1 amide bonds. The number of hydrogen-bond acceptors (Lipinski definition) is 4. The molecule has 1 aromatic heterocycles. The van der Waals surface area contributed by atoms with Crippen LogP contribution in [0, 0.1) is 5.92 Å². The van der Waals surface area contributed by atoms with Crippen LogP contribution in [0.2, 0.25) is 0 Å². The molecule has 1 aromatic carbocycles. The van der Waals surface area contributed by atoms with Crippen LogP contribution in [0.1, 0.15) is 18.4 Å². The molecule has 0 bridgehead atoms. The van der Waals surface area contributed by atoms with Gasteiger partial charge in [0.1, 0.15) is 6.54 Å². The Balaban J connectivity index is 1.42. The first kappa shape index (κ1) is 15.7. The average molecular weight is 313 g/mol. The molecule has 0 saturated carbocycles. The number of aromatic nitrogens is 3. The Hall–Kier alpha value is -2.21. The van der Waals surface area contributed by atoms with E-state index < -0.39 is 0 Å². The first-order valence-corrected chi connectivity index (χ1v) is 8.16. The molecule has 2 heterocycles. The SMILES string of the molecule is O=C(Cn1ccnn1)NC[C@H]1CCCN(Cc2ccccc2)C1.